The first-order valence-electron chi connectivity index (χ1n) is 5.71. The molecule has 1 atom stereocenters. The average Bonchev–Trinajstić information content (AvgIpc) is 2.41. The van der Waals surface area contributed by atoms with Crippen molar-refractivity contribution >= 4 is 11.6 Å². The number of rotatable bonds is 1. The predicted molar refractivity (Wildman–Crippen MR) is 65.4 cm³/mol. The maximum Gasteiger partial charge on any atom is 0.151 e. The Morgan fingerprint density at radius 3 is 2.81 bits per heavy atom. The van der Waals surface area contributed by atoms with Gasteiger partial charge in [0.2, 0.25) is 0 Å². The van der Waals surface area contributed by atoms with Gasteiger partial charge in [-0.2, -0.15) is 0 Å². The average molecular weight is 221 g/mol. The van der Waals surface area contributed by atoms with Gasteiger partial charge >= 0.3 is 0 Å². The molecule has 2 heterocycles. The zero-order chi connectivity index (χ0) is 11.5. The van der Waals surface area contributed by atoms with E-state index < -0.39 is 0 Å². The molecule has 2 rings (SSSR count). The number of hydrogen-bond acceptors (Lipinski definition) is 5. The van der Waals surface area contributed by atoms with Gasteiger partial charge in [-0.15, -0.1) is 10.2 Å². The monoisotopic (exact) mass is 221 g/mol. The molecule has 0 aromatic carbocycles. The third-order valence-corrected chi connectivity index (χ3v) is 3.01. The standard InChI is InChI=1S/C11H19N5/c1-9-8-15(2)6-3-7-16(9)11-5-4-10(12)13-14-11/h4-5,9H,3,6-8H2,1-2H3,(H2,12,13). The number of likely N-dealkylation sites (N-methyl/N-ethyl adjacent to an activating group) is 1. The molecule has 1 unspecified atom stereocenters. The van der Waals surface area contributed by atoms with Gasteiger partial charge < -0.3 is 15.5 Å². The second-order valence-electron chi connectivity index (χ2n) is 4.47. The van der Waals surface area contributed by atoms with Gasteiger partial charge in [-0.25, -0.2) is 0 Å². The maximum absolute atomic E-state index is 5.54. The number of aromatic nitrogens is 2. The highest BCUT2D eigenvalue weighted by molar-refractivity contribution is 5.42. The molecule has 0 saturated carbocycles. The van der Waals surface area contributed by atoms with Crippen LogP contribution in [0.3, 0.4) is 0 Å². The Labute approximate surface area is 96.2 Å². The topological polar surface area (TPSA) is 58.3 Å². The lowest BCUT2D eigenvalue weighted by molar-refractivity contribution is 0.337. The summed E-state index contributed by atoms with van der Waals surface area (Å²) in [7, 11) is 2.16. The van der Waals surface area contributed by atoms with E-state index in [1.165, 1.54) is 0 Å². The van der Waals surface area contributed by atoms with Gasteiger partial charge in [-0.3, -0.25) is 0 Å². The highest BCUT2D eigenvalue weighted by Gasteiger charge is 2.20. The SMILES string of the molecule is CC1CN(C)CCCN1c1ccc(N)nn1. The molecule has 5 heteroatoms. The molecule has 1 saturated heterocycles. The number of nitrogens with zero attached hydrogens (tertiary/aromatic N) is 4. The lowest BCUT2D eigenvalue weighted by Gasteiger charge is -2.28. The van der Waals surface area contributed by atoms with E-state index in [2.05, 4.69) is 34.0 Å². The Morgan fingerprint density at radius 2 is 2.12 bits per heavy atom. The molecule has 1 fully saturated rings. The van der Waals surface area contributed by atoms with Crippen LogP contribution in [0.15, 0.2) is 12.1 Å². The Kier molecular flexibility index (Phi) is 3.24. The Bertz CT molecular complexity index is 337. The van der Waals surface area contributed by atoms with Gasteiger partial charge in [0, 0.05) is 19.1 Å². The number of nitrogens with two attached hydrogens (primary N) is 1. The van der Waals surface area contributed by atoms with Crippen LogP contribution in [0.2, 0.25) is 0 Å². The van der Waals surface area contributed by atoms with E-state index in [-0.39, 0.29) is 0 Å². The van der Waals surface area contributed by atoms with Gasteiger partial charge in [-0.1, -0.05) is 0 Å². The predicted octanol–water partition coefficient (Wildman–Crippen LogP) is 0.589. The molecule has 0 aliphatic carbocycles. The molecule has 5 nitrogen and oxygen atoms in total. The summed E-state index contributed by atoms with van der Waals surface area (Å²) in [4.78, 5) is 4.66. The summed E-state index contributed by atoms with van der Waals surface area (Å²) in [5.41, 5.74) is 5.54. The molecule has 0 radical (unpaired) electrons. The van der Waals surface area contributed by atoms with Crippen molar-refractivity contribution in [2.75, 3.05) is 37.3 Å². The molecule has 88 valence electrons. The zero-order valence-electron chi connectivity index (χ0n) is 9.93. The molecule has 1 aromatic heterocycles. The van der Waals surface area contributed by atoms with Crippen LogP contribution in [0.1, 0.15) is 13.3 Å². The van der Waals surface area contributed by atoms with Crippen LogP contribution < -0.4 is 10.6 Å². The van der Waals surface area contributed by atoms with Crippen molar-refractivity contribution in [2.24, 2.45) is 0 Å². The summed E-state index contributed by atoms with van der Waals surface area (Å²) < 4.78 is 0. The van der Waals surface area contributed by atoms with Gasteiger partial charge in [0.25, 0.3) is 0 Å². The maximum atomic E-state index is 5.54. The Morgan fingerprint density at radius 1 is 1.31 bits per heavy atom. The Balaban J connectivity index is 2.15. The van der Waals surface area contributed by atoms with Crippen LogP contribution in [0.5, 0.6) is 0 Å². The number of anilines is 2. The van der Waals surface area contributed by atoms with Crippen molar-refractivity contribution in [3.8, 4) is 0 Å². The normalized spacial score (nSPS) is 23.1. The van der Waals surface area contributed by atoms with Crippen LogP contribution >= 0.6 is 0 Å². The summed E-state index contributed by atoms with van der Waals surface area (Å²) in [6, 6.07) is 4.22. The summed E-state index contributed by atoms with van der Waals surface area (Å²) >= 11 is 0. The van der Waals surface area contributed by atoms with Gasteiger partial charge in [-0.05, 0) is 39.1 Å². The molecule has 0 spiro atoms. The van der Waals surface area contributed by atoms with E-state index in [0.717, 1.165) is 31.9 Å². The lowest BCUT2D eigenvalue weighted by Crippen LogP contribution is -2.38. The number of nitrogen functional groups attached to an aromatic ring is 1. The molecule has 0 amide bonds. The molecular weight excluding hydrogens is 202 g/mol. The van der Waals surface area contributed by atoms with Crippen LogP contribution in [0, 0.1) is 0 Å². The summed E-state index contributed by atoms with van der Waals surface area (Å²) in [6.07, 6.45) is 1.16. The van der Waals surface area contributed by atoms with Crippen molar-refractivity contribution in [1.29, 1.82) is 0 Å². The summed E-state index contributed by atoms with van der Waals surface area (Å²) in [5, 5.41) is 8.06. The molecule has 1 aliphatic heterocycles. The fourth-order valence-electron chi connectivity index (χ4n) is 2.20. The second-order valence-corrected chi connectivity index (χ2v) is 4.47. The first-order valence-corrected chi connectivity index (χ1v) is 5.71. The largest absolute Gasteiger partial charge is 0.382 e. The highest BCUT2D eigenvalue weighted by atomic mass is 15.3. The van der Waals surface area contributed by atoms with E-state index >= 15 is 0 Å². The zero-order valence-corrected chi connectivity index (χ0v) is 9.93. The quantitative estimate of drug-likeness (QED) is 0.752. The minimum Gasteiger partial charge on any atom is -0.382 e. The van der Waals surface area contributed by atoms with Crippen molar-refractivity contribution < 1.29 is 0 Å². The van der Waals surface area contributed by atoms with Crippen molar-refractivity contribution in [2.45, 2.75) is 19.4 Å². The van der Waals surface area contributed by atoms with Crippen molar-refractivity contribution in [3.05, 3.63) is 12.1 Å². The van der Waals surface area contributed by atoms with Gasteiger partial charge in [0.15, 0.2) is 5.82 Å². The first-order chi connectivity index (χ1) is 7.66. The fourth-order valence-corrected chi connectivity index (χ4v) is 2.20. The number of hydrogen-bond donors (Lipinski definition) is 1. The highest BCUT2D eigenvalue weighted by Crippen LogP contribution is 2.17. The molecule has 1 aliphatic rings. The smallest absolute Gasteiger partial charge is 0.151 e. The van der Waals surface area contributed by atoms with Crippen molar-refractivity contribution in [3.63, 3.8) is 0 Å². The summed E-state index contributed by atoms with van der Waals surface area (Å²) in [6.45, 7) is 5.46. The molecule has 0 bridgehead atoms. The van der Waals surface area contributed by atoms with Crippen LogP contribution in [0.4, 0.5) is 11.6 Å². The third kappa shape index (κ3) is 2.41. The van der Waals surface area contributed by atoms with E-state index in [1.54, 1.807) is 0 Å². The summed E-state index contributed by atoms with van der Waals surface area (Å²) in [5.74, 6) is 1.40. The lowest BCUT2D eigenvalue weighted by atomic mass is 10.2. The fraction of sp³-hybridized carbons (Fsp3) is 0.636. The van der Waals surface area contributed by atoms with Crippen LogP contribution in [0.25, 0.3) is 0 Å². The third-order valence-electron chi connectivity index (χ3n) is 3.01. The van der Waals surface area contributed by atoms with E-state index in [0.29, 0.717) is 11.9 Å². The van der Waals surface area contributed by atoms with E-state index in [4.69, 9.17) is 5.73 Å². The molecule has 1 aromatic rings. The van der Waals surface area contributed by atoms with Gasteiger partial charge in [0.05, 0.1) is 0 Å². The van der Waals surface area contributed by atoms with Crippen LogP contribution in [-0.4, -0.2) is 47.8 Å². The Hall–Kier alpha value is -1.36. The first kappa shape index (κ1) is 11.1. The van der Waals surface area contributed by atoms with E-state index in [1.807, 2.05) is 12.1 Å². The van der Waals surface area contributed by atoms with Crippen molar-refractivity contribution in [1.82, 2.24) is 15.1 Å². The van der Waals surface area contributed by atoms with E-state index in [9.17, 15) is 0 Å². The minimum absolute atomic E-state index is 0.463. The second kappa shape index (κ2) is 4.65. The molecule has 2 N–H and O–H groups in total. The molecule has 16 heavy (non-hydrogen) atoms. The minimum atomic E-state index is 0.463. The van der Waals surface area contributed by atoms with Crippen LogP contribution in [-0.2, 0) is 0 Å². The molecular formula is C11H19N5. The van der Waals surface area contributed by atoms with Gasteiger partial charge in [0.1, 0.15) is 5.82 Å².